The molecule has 0 aliphatic heterocycles. The quantitative estimate of drug-likeness (QED) is 0.773. The van der Waals surface area contributed by atoms with Crippen LogP contribution in [0.15, 0.2) is 51.8 Å². The number of aryl methyl sites for hydroxylation is 2. The molecule has 1 atom stereocenters. The molecule has 1 aromatic carbocycles. The molecule has 21 heavy (non-hydrogen) atoms. The molecule has 0 bridgehead atoms. The van der Waals surface area contributed by atoms with Gasteiger partial charge in [0.05, 0.1) is 0 Å². The van der Waals surface area contributed by atoms with E-state index in [4.69, 9.17) is 4.42 Å². The standard InChI is InChI=1S/C17H17NO3/c1-11(19)15-9-14-6-4-12(8-16(14)21-15)2-3-13-5-7-17(20)18-10-13/h4-11,19H,2-3H2,1H3,(H,18,20). The minimum atomic E-state index is -0.595. The van der Waals surface area contributed by atoms with E-state index in [1.807, 2.05) is 24.3 Å². The zero-order valence-electron chi connectivity index (χ0n) is 11.8. The van der Waals surface area contributed by atoms with E-state index in [1.54, 1.807) is 19.2 Å². The summed E-state index contributed by atoms with van der Waals surface area (Å²) in [7, 11) is 0. The second-order valence-electron chi connectivity index (χ2n) is 5.26. The molecule has 1 unspecified atom stereocenters. The molecule has 108 valence electrons. The fraction of sp³-hybridized carbons (Fsp3) is 0.235. The highest BCUT2D eigenvalue weighted by molar-refractivity contribution is 5.78. The fourth-order valence-electron chi connectivity index (χ4n) is 2.34. The van der Waals surface area contributed by atoms with Gasteiger partial charge in [0.15, 0.2) is 0 Å². The lowest BCUT2D eigenvalue weighted by atomic mass is 10.0. The number of furan rings is 1. The first-order chi connectivity index (χ1) is 10.1. The monoisotopic (exact) mass is 283 g/mol. The maximum atomic E-state index is 11.0. The Morgan fingerprint density at radius 2 is 1.90 bits per heavy atom. The van der Waals surface area contributed by atoms with Crippen LogP contribution in [0.3, 0.4) is 0 Å². The minimum Gasteiger partial charge on any atom is -0.458 e. The first-order valence-electron chi connectivity index (χ1n) is 7.00. The van der Waals surface area contributed by atoms with Crippen LogP contribution in [0.1, 0.15) is 29.9 Å². The highest BCUT2D eigenvalue weighted by atomic mass is 16.4. The van der Waals surface area contributed by atoms with Crippen molar-refractivity contribution in [2.45, 2.75) is 25.9 Å². The Hall–Kier alpha value is -2.33. The number of hydrogen-bond acceptors (Lipinski definition) is 3. The second-order valence-corrected chi connectivity index (χ2v) is 5.26. The molecule has 0 aliphatic carbocycles. The van der Waals surface area contributed by atoms with Crippen LogP contribution in [0.4, 0.5) is 0 Å². The number of aromatic nitrogens is 1. The molecule has 0 amide bonds. The van der Waals surface area contributed by atoms with Gasteiger partial charge in [0, 0.05) is 17.6 Å². The number of benzene rings is 1. The van der Waals surface area contributed by atoms with Crippen molar-refractivity contribution in [1.29, 1.82) is 0 Å². The van der Waals surface area contributed by atoms with Crippen LogP contribution in [0.2, 0.25) is 0 Å². The van der Waals surface area contributed by atoms with E-state index >= 15 is 0 Å². The van der Waals surface area contributed by atoms with Crippen LogP contribution >= 0.6 is 0 Å². The summed E-state index contributed by atoms with van der Waals surface area (Å²) < 4.78 is 5.64. The van der Waals surface area contributed by atoms with Gasteiger partial charge in [0.2, 0.25) is 5.56 Å². The molecule has 0 saturated heterocycles. The molecule has 3 aromatic rings. The van der Waals surface area contributed by atoms with Crippen molar-refractivity contribution >= 4 is 11.0 Å². The Labute approximate surface area is 122 Å². The molecule has 0 spiro atoms. The summed E-state index contributed by atoms with van der Waals surface area (Å²) in [6.45, 7) is 1.69. The third-order valence-electron chi connectivity index (χ3n) is 3.57. The Morgan fingerprint density at radius 1 is 1.14 bits per heavy atom. The summed E-state index contributed by atoms with van der Waals surface area (Å²) in [5.41, 5.74) is 2.98. The number of aliphatic hydroxyl groups is 1. The van der Waals surface area contributed by atoms with Gasteiger partial charge in [-0.05, 0) is 43.0 Å². The maximum Gasteiger partial charge on any atom is 0.247 e. The molecule has 2 N–H and O–H groups in total. The van der Waals surface area contributed by atoms with E-state index in [-0.39, 0.29) is 5.56 Å². The topological polar surface area (TPSA) is 66.2 Å². The van der Waals surface area contributed by atoms with Gasteiger partial charge >= 0.3 is 0 Å². The summed E-state index contributed by atoms with van der Waals surface area (Å²) in [5, 5.41) is 10.5. The Bertz CT molecular complexity index is 794. The van der Waals surface area contributed by atoms with Crippen LogP contribution < -0.4 is 5.56 Å². The summed E-state index contributed by atoms with van der Waals surface area (Å²) >= 11 is 0. The molecule has 0 fully saturated rings. The molecule has 0 saturated carbocycles. The van der Waals surface area contributed by atoms with Crippen molar-refractivity contribution in [3.05, 3.63) is 69.8 Å². The summed E-state index contributed by atoms with van der Waals surface area (Å²) in [5.74, 6) is 0.586. The molecule has 4 nitrogen and oxygen atoms in total. The van der Waals surface area contributed by atoms with Gasteiger partial charge in [-0.15, -0.1) is 0 Å². The predicted molar refractivity (Wildman–Crippen MR) is 81.3 cm³/mol. The SMILES string of the molecule is CC(O)c1cc2ccc(CCc3ccc(=O)[nH]c3)cc2o1. The van der Waals surface area contributed by atoms with Gasteiger partial charge in [-0.3, -0.25) is 4.79 Å². The van der Waals surface area contributed by atoms with Crippen molar-refractivity contribution < 1.29 is 9.52 Å². The van der Waals surface area contributed by atoms with Crippen LogP contribution in [0.5, 0.6) is 0 Å². The number of nitrogens with one attached hydrogen (secondary N) is 1. The van der Waals surface area contributed by atoms with Gasteiger partial charge < -0.3 is 14.5 Å². The predicted octanol–water partition coefficient (Wildman–Crippen LogP) is 2.96. The summed E-state index contributed by atoms with van der Waals surface area (Å²) in [6.07, 6.45) is 2.88. The Morgan fingerprint density at radius 3 is 2.62 bits per heavy atom. The van der Waals surface area contributed by atoms with E-state index in [0.29, 0.717) is 5.76 Å². The first-order valence-corrected chi connectivity index (χ1v) is 7.00. The van der Waals surface area contributed by atoms with Crippen LogP contribution in [-0.4, -0.2) is 10.1 Å². The lowest BCUT2D eigenvalue weighted by molar-refractivity contribution is 0.172. The maximum absolute atomic E-state index is 11.0. The van der Waals surface area contributed by atoms with Gasteiger partial charge in [-0.25, -0.2) is 0 Å². The number of fused-ring (bicyclic) bond motifs is 1. The molecule has 2 aromatic heterocycles. The Balaban J connectivity index is 1.77. The van der Waals surface area contributed by atoms with E-state index in [0.717, 1.165) is 29.4 Å². The second kappa shape index (κ2) is 5.58. The molecule has 0 radical (unpaired) electrons. The largest absolute Gasteiger partial charge is 0.458 e. The molecular formula is C17H17NO3. The van der Waals surface area contributed by atoms with Crippen LogP contribution in [-0.2, 0) is 12.8 Å². The Kier molecular flexibility index (Phi) is 3.62. The average molecular weight is 283 g/mol. The molecular weight excluding hydrogens is 266 g/mol. The van der Waals surface area contributed by atoms with E-state index < -0.39 is 6.10 Å². The van der Waals surface area contributed by atoms with Crippen molar-refractivity contribution in [1.82, 2.24) is 4.98 Å². The minimum absolute atomic E-state index is 0.0820. The van der Waals surface area contributed by atoms with Gasteiger partial charge in [-0.2, -0.15) is 0 Å². The number of H-pyrrole nitrogens is 1. The van der Waals surface area contributed by atoms with E-state index in [2.05, 4.69) is 11.1 Å². The fourth-order valence-corrected chi connectivity index (χ4v) is 2.34. The summed E-state index contributed by atoms with van der Waals surface area (Å²) in [6, 6.07) is 11.3. The zero-order chi connectivity index (χ0) is 14.8. The third-order valence-corrected chi connectivity index (χ3v) is 3.57. The van der Waals surface area contributed by atoms with Gasteiger partial charge in [-0.1, -0.05) is 18.2 Å². The normalized spacial score (nSPS) is 12.7. The average Bonchev–Trinajstić information content (AvgIpc) is 2.90. The zero-order valence-corrected chi connectivity index (χ0v) is 11.8. The summed E-state index contributed by atoms with van der Waals surface area (Å²) in [4.78, 5) is 13.7. The van der Waals surface area contributed by atoms with Crippen molar-refractivity contribution in [2.24, 2.45) is 0 Å². The number of rotatable bonds is 4. The highest BCUT2D eigenvalue weighted by Gasteiger charge is 2.09. The first kappa shape index (κ1) is 13.6. The third kappa shape index (κ3) is 3.06. The van der Waals surface area contributed by atoms with Gasteiger partial charge in [0.25, 0.3) is 0 Å². The van der Waals surface area contributed by atoms with E-state index in [1.165, 1.54) is 5.56 Å². The molecule has 3 rings (SSSR count). The number of pyridine rings is 1. The number of aromatic amines is 1. The van der Waals surface area contributed by atoms with Crippen molar-refractivity contribution in [3.8, 4) is 0 Å². The lowest BCUT2D eigenvalue weighted by Gasteiger charge is -2.02. The number of aliphatic hydroxyl groups excluding tert-OH is 1. The highest BCUT2D eigenvalue weighted by Crippen LogP contribution is 2.25. The lowest BCUT2D eigenvalue weighted by Crippen LogP contribution is -2.03. The van der Waals surface area contributed by atoms with Crippen molar-refractivity contribution in [3.63, 3.8) is 0 Å². The molecule has 4 heteroatoms. The van der Waals surface area contributed by atoms with Crippen molar-refractivity contribution in [2.75, 3.05) is 0 Å². The molecule has 0 aliphatic rings. The molecule has 2 heterocycles. The van der Waals surface area contributed by atoms with Gasteiger partial charge in [0.1, 0.15) is 17.4 Å². The van der Waals surface area contributed by atoms with E-state index in [9.17, 15) is 9.90 Å². The smallest absolute Gasteiger partial charge is 0.247 e. The van der Waals surface area contributed by atoms with Crippen LogP contribution in [0.25, 0.3) is 11.0 Å². The number of hydrogen-bond donors (Lipinski definition) is 2. The van der Waals surface area contributed by atoms with Crippen LogP contribution in [0, 0.1) is 0 Å².